The van der Waals surface area contributed by atoms with Gasteiger partial charge in [0.25, 0.3) is 0 Å². The summed E-state index contributed by atoms with van der Waals surface area (Å²) in [5, 5.41) is 3.42. The fourth-order valence-electron chi connectivity index (χ4n) is 2.96. The van der Waals surface area contributed by atoms with Crippen LogP contribution in [0, 0.1) is 0 Å². The number of imidazole rings is 1. The summed E-state index contributed by atoms with van der Waals surface area (Å²) >= 11 is 27.0. The molecule has 0 atom stereocenters. The fourth-order valence-corrected chi connectivity index (χ4v) is 5.24. The number of hydrogen-bond donors (Lipinski definition) is 0. The molecular weight excluding hydrogens is 454 g/mol. The van der Waals surface area contributed by atoms with Crippen LogP contribution in [0.25, 0.3) is 11.0 Å². The molecule has 0 saturated carbocycles. The van der Waals surface area contributed by atoms with Gasteiger partial charge in [-0.1, -0.05) is 82.4 Å². The highest BCUT2D eigenvalue weighted by molar-refractivity contribution is 7.98. The summed E-state index contributed by atoms with van der Waals surface area (Å²) in [6.07, 6.45) is 0. The van der Waals surface area contributed by atoms with E-state index in [1.165, 1.54) is 0 Å². The quantitative estimate of drug-likeness (QED) is 0.276. The molecule has 0 fully saturated rings. The Kier molecular flexibility index (Phi) is 6.10. The molecule has 0 aliphatic carbocycles. The van der Waals surface area contributed by atoms with Crippen LogP contribution in [0.2, 0.25) is 20.1 Å². The molecule has 3 aromatic carbocycles. The fraction of sp³-hybridized carbons (Fsp3) is 0.0952. The Morgan fingerprint density at radius 1 is 0.714 bits per heavy atom. The van der Waals surface area contributed by atoms with E-state index >= 15 is 0 Å². The van der Waals surface area contributed by atoms with E-state index in [0.29, 0.717) is 32.4 Å². The van der Waals surface area contributed by atoms with Crippen molar-refractivity contribution >= 4 is 69.2 Å². The summed E-state index contributed by atoms with van der Waals surface area (Å²) in [5.74, 6) is 0.609. The van der Waals surface area contributed by atoms with Crippen molar-refractivity contribution in [2.75, 3.05) is 0 Å². The zero-order chi connectivity index (χ0) is 19.7. The van der Waals surface area contributed by atoms with E-state index in [4.69, 9.17) is 51.4 Å². The van der Waals surface area contributed by atoms with Crippen molar-refractivity contribution in [2.24, 2.45) is 0 Å². The molecule has 142 valence electrons. The molecule has 0 radical (unpaired) electrons. The maximum atomic E-state index is 6.40. The van der Waals surface area contributed by atoms with Gasteiger partial charge in [-0.2, -0.15) is 0 Å². The molecule has 0 unspecified atom stereocenters. The molecule has 0 N–H and O–H groups in total. The number of para-hydroxylation sites is 2. The number of aromatic nitrogens is 2. The number of fused-ring (bicyclic) bond motifs is 1. The standard InChI is InChI=1S/C21H14Cl4N2S/c22-15-5-3-6-16(23)13(15)11-27-20-10-2-1-9-19(20)26-21(27)28-12-14-17(24)7-4-8-18(14)25/h1-10H,11-12H2. The van der Waals surface area contributed by atoms with Gasteiger partial charge in [0, 0.05) is 31.4 Å². The van der Waals surface area contributed by atoms with E-state index in [1.807, 2.05) is 60.7 Å². The maximum absolute atomic E-state index is 6.40. The minimum Gasteiger partial charge on any atom is -0.314 e. The van der Waals surface area contributed by atoms with Gasteiger partial charge >= 0.3 is 0 Å². The van der Waals surface area contributed by atoms with Gasteiger partial charge in [-0.05, 0) is 42.0 Å². The molecule has 0 amide bonds. The van der Waals surface area contributed by atoms with Crippen molar-refractivity contribution < 1.29 is 0 Å². The average molecular weight is 468 g/mol. The first-order chi connectivity index (χ1) is 13.5. The number of halogens is 4. The van der Waals surface area contributed by atoms with Crippen LogP contribution in [-0.2, 0) is 12.3 Å². The van der Waals surface area contributed by atoms with Crippen molar-refractivity contribution in [2.45, 2.75) is 17.5 Å². The molecule has 4 rings (SSSR count). The number of hydrogen-bond acceptors (Lipinski definition) is 2. The molecule has 0 spiro atoms. The summed E-state index contributed by atoms with van der Waals surface area (Å²) < 4.78 is 2.12. The second-order valence-electron chi connectivity index (χ2n) is 6.16. The lowest BCUT2D eigenvalue weighted by Gasteiger charge is -2.12. The highest BCUT2D eigenvalue weighted by Crippen LogP contribution is 2.34. The van der Waals surface area contributed by atoms with Crippen molar-refractivity contribution in [3.05, 3.63) is 91.9 Å². The molecule has 2 nitrogen and oxygen atoms in total. The Morgan fingerprint density at radius 2 is 1.29 bits per heavy atom. The van der Waals surface area contributed by atoms with Crippen molar-refractivity contribution in [1.29, 1.82) is 0 Å². The van der Waals surface area contributed by atoms with Gasteiger partial charge in [0.2, 0.25) is 0 Å². The third-order valence-corrected chi connectivity index (χ3v) is 6.82. The number of benzene rings is 3. The summed E-state index contributed by atoms with van der Waals surface area (Å²) in [4.78, 5) is 4.80. The second-order valence-corrected chi connectivity index (χ2v) is 8.73. The highest BCUT2D eigenvalue weighted by Gasteiger charge is 2.16. The van der Waals surface area contributed by atoms with Crippen molar-refractivity contribution in [3.8, 4) is 0 Å². The van der Waals surface area contributed by atoms with Crippen molar-refractivity contribution in [3.63, 3.8) is 0 Å². The Hall–Kier alpha value is -1.36. The smallest absolute Gasteiger partial charge is 0.169 e. The van der Waals surface area contributed by atoms with Gasteiger partial charge < -0.3 is 4.57 Å². The first-order valence-electron chi connectivity index (χ1n) is 8.48. The SMILES string of the molecule is Clc1cccc(Cl)c1CSc1nc2ccccc2n1Cc1c(Cl)cccc1Cl. The Balaban J connectivity index is 1.73. The summed E-state index contributed by atoms with van der Waals surface area (Å²) in [6, 6.07) is 19.1. The molecule has 7 heteroatoms. The van der Waals surface area contributed by atoms with Crippen LogP contribution >= 0.6 is 58.2 Å². The van der Waals surface area contributed by atoms with Crippen LogP contribution in [0.5, 0.6) is 0 Å². The van der Waals surface area contributed by atoms with Gasteiger partial charge in [0.15, 0.2) is 5.16 Å². The predicted molar refractivity (Wildman–Crippen MR) is 121 cm³/mol. The first-order valence-corrected chi connectivity index (χ1v) is 11.0. The van der Waals surface area contributed by atoms with E-state index in [-0.39, 0.29) is 0 Å². The Morgan fingerprint density at radius 3 is 1.93 bits per heavy atom. The molecule has 1 heterocycles. The third-order valence-electron chi connectivity index (χ3n) is 4.40. The lowest BCUT2D eigenvalue weighted by Crippen LogP contribution is -2.03. The topological polar surface area (TPSA) is 17.8 Å². The van der Waals surface area contributed by atoms with Gasteiger partial charge in [-0.25, -0.2) is 4.98 Å². The summed E-state index contributed by atoms with van der Waals surface area (Å²) in [5.41, 5.74) is 3.70. The maximum Gasteiger partial charge on any atom is 0.169 e. The molecule has 4 aromatic rings. The monoisotopic (exact) mass is 466 g/mol. The lowest BCUT2D eigenvalue weighted by molar-refractivity contribution is 0.731. The normalized spacial score (nSPS) is 11.3. The summed E-state index contributed by atoms with van der Waals surface area (Å²) in [7, 11) is 0. The molecular formula is C21H14Cl4N2S. The van der Waals surface area contributed by atoms with Crippen LogP contribution in [-0.4, -0.2) is 9.55 Å². The summed E-state index contributed by atoms with van der Waals surface area (Å²) in [6.45, 7) is 0.525. The molecule has 0 bridgehead atoms. The van der Waals surface area contributed by atoms with Crippen LogP contribution in [0.15, 0.2) is 65.8 Å². The van der Waals surface area contributed by atoms with Gasteiger partial charge in [-0.3, -0.25) is 0 Å². The molecule has 0 saturated heterocycles. The third kappa shape index (κ3) is 4.00. The van der Waals surface area contributed by atoms with Gasteiger partial charge in [0.05, 0.1) is 17.6 Å². The second kappa shape index (κ2) is 8.56. The van der Waals surface area contributed by atoms with Crippen molar-refractivity contribution in [1.82, 2.24) is 9.55 Å². The van der Waals surface area contributed by atoms with Crippen LogP contribution in [0.4, 0.5) is 0 Å². The predicted octanol–water partition coefficient (Wildman–Crippen LogP) is 7.99. The molecule has 0 aliphatic rings. The Bertz CT molecular complexity index is 1120. The van der Waals surface area contributed by atoms with Gasteiger partial charge in [-0.15, -0.1) is 0 Å². The van der Waals surface area contributed by atoms with E-state index in [1.54, 1.807) is 11.8 Å². The molecule has 0 aliphatic heterocycles. The zero-order valence-electron chi connectivity index (χ0n) is 14.5. The van der Waals surface area contributed by atoms with E-state index < -0.39 is 0 Å². The van der Waals surface area contributed by atoms with Gasteiger partial charge in [0.1, 0.15) is 0 Å². The lowest BCUT2D eigenvalue weighted by atomic mass is 10.2. The van der Waals surface area contributed by atoms with Crippen LogP contribution < -0.4 is 0 Å². The Labute approximate surface area is 187 Å². The number of thioether (sulfide) groups is 1. The largest absolute Gasteiger partial charge is 0.314 e. The van der Waals surface area contributed by atoms with Crippen LogP contribution in [0.1, 0.15) is 11.1 Å². The number of nitrogens with zero attached hydrogens (tertiary/aromatic N) is 2. The average Bonchev–Trinajstić information content (AvgIpc) is 3.02. The van der Waals surface area contributed by atoms with E-state index in [0.717, 1.165) is 27.3 Å². The molecule has 28 heavy (non-hydrogen) atoms. The van der Waals surface area contributed by atoms with E-state index in [9.17, 15) is 0 Å². The minimum absolute atomic E-state index is 0.525. The van der Waals surface area contributed by atoms with E-state index in [2.05, 4.69) is 4.57 Å². The number of rotatable bonds is 5. The highest BCUT2D eigenvalue weighted by atomic mass is 35.5. The molecule has 1 aromatic heterocycles. The minimum atomic E-state index is 0.525. The van der Waals surface area contributed by atoms with Crippen LogP contribution in [0.3, 0.4) is 0 Å². The zero-order valence-corrected chi connectivity index (χ0v) is 18.3. The first kappa shape index (κ1) is 19.9.